The molecule has 130 valence electrons. The summed E-state index contributed by atoms with van der Waals surface area (Å²) in [6, 6.07) is 13.3. The van der Waals surface area contributed by atoms with E-state index in [9.17, 15) is 4.79 Å². The number of methoxy groups -OCH3 is 1. The van der Waals surface area contributed by atoms with Crippen LogP contribution in [-0.4, -0.2) is 35.5 Å². The first-order valence-electron chi connectivity index (χ1n) is 8.38. The summed E-state index contributed by atoms with van der Waals surface area (Å²) in [4.78, 5) is 18.1. The molecule has 0 bridgehead atoms. The highest BCUT2D eigenvalue weighted by Crippen LogP contribution is 2.16. The van der Waals surface area contributed by atoms with Crippen molar-refractivity contribution < 1.29 is 14.4 Å². The van der Waals surface area contributed by atoms with Crippen LogP contribution in [0.25, 0.3) is 5.65 Å². The Labute approximate surface area is 147 Å². The van der Waals surface area contributed by atoms with Gasteiger partial charge in [-0.15, -0.1) is 0 Å². The molecule has 1 atom stereocenters. The standard InChI is InChI=1S/C19H22N4O2/c1-3-22(12-16-13-23-10-5-4-9-18(23)20-16)14-19(24)21-15-7-6-8-17(11-15)25-2/h4-11,13H,3,12,14H2,1-2H3,(H,21,24)/p+1. The highest BCUT2D eigenvalue weighted by molar-refractivity contribution is 5.91. The van der Waals surface area contributed by atoms with Gasteiger partial charge in [-0.3, -0.25) is 4.79 Å². The number of benzene rings is 1. The van der Waals surface area contributed by atoms with Crippen LogP contribution in [0.1, 0.15) is 12.6 Å². The van der Waals surface area contributed by atoms with E-state index in [0.717, 1.165) is 34.2 Å². The van der Waals surface area contributed by atoms with Crippen LogP contribution < -0.4 is 15.0 Å². The van der Waals surface area contributed by atoms with Crippen molar-refractivity contribution in [3.8, 4) is 5.75 Å². The number of carbonyl (C=O) groups is 1. The van der Waals surface area contributed by atoms with Crippen LogP contribution in [-0.2, 0) is 11.3 Å². The maximum Gasteiger partial charge on any atom is 0.279 e. The monoisotopic (exact) mass is 339 g/mol. The number of aromatic nitrogens is 2. The average molecular weight is 339 g/mol. The van der Waals surface area contributed by atoms with Gasteiger partial charge in [-0.25, -0.2) is 4.98 Å². The van der Waals surface area contributed by atoms with Crippen LogP contribution in [0.15, 0.2) is 54.9 Å². The summed E-state index contributed by atoms with van der Waals surface area (Å²) < 4.78 is 7.18. The lowest BCUT2D eigenvalue weighted by molar-refractivity contribution is -0.904. The molecule has 3 aromatic rings. The summed E-state index contributed by atoms with van der Waals surface area (Å²) in [7, 11) is 1.61. The Morgan fingerprint density at radius 2 is 2.16 bits per heavy atom. The van der Waals surface area contributed by atoms with Gasteiger partial charge >= 0.3 is 0 Å². The SMILES string of the molecule is CC[NH+](CC(=O)Nc1cccc(OC)c1)Cc1cn2ccccc2n1. The molecule has 2 heterocycles. The van der Waals surface area contributed by atoms with E-state index in [2.05, 4.69) is 17.2 Å². The van der Waals surface area contributed by atoms with Crippen molar-refractivity contribution in [3.05, 3.63) is 60.6 Å². The molecule has 0 aliphatic rings. The van der Waals surface area contributed by atoms with Crippen molar-refractivity contribution in [2.45, 2.75) is 13.5 Å². The number of imidazole rings is 1. The van der Waals surface area contributed by atoms with E-state index in [0.29, 0.717) is 13.1 Å². The summed E-state index contributed by atoms with van der Waals surface area (Å²) in [5.74, 6) is 0.705. The van der Waals surface area contributed by atoms with Crippen molar-refractivity contribution in [2.24, 2.45) is 0 Å². The maximum atomic E-state index is 12.3. The molecule has 6 nitrogen and oxygen atoms in total. The summed E-state index contributed by atoms with van der Waals surface area (Å²) >= 11 is 0. The minimum absolute atomic E-state index is 0.0196. The largest absolute Gasteiger partial charge is 0.497 e. The Kier molecular flexibility index (Phi) is 5.30. The van der Waals surface area contributed by atoms with Crippen LogP contribution in [0, 0.1) is 0 Å². The maximum absolute atomic E-state index is 12.3. The summed E-state index contributed by atoms with van der Waals surface area (Å²) in [6.45, 7) is 4.02. The third kappa shape index (κ3) is 4.36. The second-order valence-corrected chi connectivity index (χ2v) is 5.94. The van der Waals surface area contributed by atoms with Gasteiger partial charge in [-0.1, -0.05) is 12.1 Å². The van der Waals surface area contributed by atoms with Gasteiger partial charge in [0.15, 0.2) is 6.54 Å². The normalized spacial score (nSPS) is 12.1. The fourth-order valence-electron chi connectivity index (χ4n) is 2.77. The fraction of sp³-hybridized carbons (Fsp3) is 0.263. The zero-order chi connectivity index (χ0) is 17.6. The van der Waals surface area contributed by atoms with Gasteiger partial charge in [0.25, 0.3) is 5.91 Å². The van der Waals surface area contributed by atoms with E-state index in [1.807, 2.05) is 59.3 Å². The molecule has 0 aliphatic carbocycles. The molecule has 0 saturated carbocycles. The van der Waals surface area contributed by atoms with Crippen molar-refractivity contribution >= 4 is 17.2 Å². The number of hydrogen-bond acceptors (Lipinski definition) is 3. The number of nitrogens with one attached hydrogen (secondary N) is 2. The molecule has 0 radical (unpaired) electrons. The Balaban J connectivity index is 1.61. The molecule has 2 N–H and O–H groups in total. The number of ether oxygens (including phenoxy) is 1. The first kappa shape index (κ1) is 17.0. The molecular formula is C19H23N4O2+. The van der Waals surface area contributed by atoms with E-state index in [-0.39, 0.29) is 5.91 Å². The summed E-state index contributed by atoms with van der Waals surface area (Å²) in [5, 5.41) is 2.93. The molecule has 0 fully saturated rings. The number of fused-ring (bicyclic) bond motifs is 1. The predicted molar refractivity (Wildman–Crippen MR) is 96.9 cm³/mol. The van der Waals surface area contributed by atoms with Crippen LogP contribution in [0.4, 0.5) is 5.69 Å². The van der Waals surface area contributed by atoms with Crippen molar-refractivity contribution in [1.82, 2.24) is 9.38 Å². The lowest BCUT2D eigenvalue weighted by Crippen LogP contribution is -3.11. The van der Waals surface area contributed by atoms with Gasteiger partial charge < -0.3 is 19.4 Å². The Bertz CT molecular complexity index is 826. The Morgan fingerprint density at radius 1 is 1.28 bits per heavy atom. The van der Waals surface area contributed by atoms with Crippen molar-refractivity contribution in [1.29, 1.82) is 0 Å². The van der Waals surface area contributed by atoms with Gasteiger partial charge in [-0.2, -0.15) is 0 Å². The first-order chi connectivity index (χ1) is 12.2. The summed E-state index contributed by atoms with van der Waals surface area (Å²) in [5.41, 5.74) is 2.65. The molecule has 3 rings (SSSR count). The van der Waals surface area contributed by atoms with Gasteiger partial charge in [0.1, 0.15) is 23.6 Å². The zero-order valence-corrected chi connectivity index (χ0v) is 14.5. The number of carbonyl (C=O) groups excluding carboxylic acids is 1. The highest BCUT2D eigenvalue weighted by Gasteiger charge is 2.15. The molecular weight excluding hydrogens is 316 g/mol. The highest BCUT2D eigenvalue weighted by atomic mass is 16.5. The number of hydrogen-bond donors (Lipinski definition) is 2. The number of nitrogens with zero attached hydrogens (tertiary/aromatic N) is 2. The zero-order valence-electron chi connectivity index (χ0n) is 14.5. The molecule has 2 aromatic heterocycles. The molecule has 1 aromatic carbocycles. The molecule has 1 unspecified atom stereocenters. The van der Waals surface area contributed by atoms with Crippen LogP contribution in [0.3, 0.4) is 0 Å². The van der Waals surface area contributed by atoms with E-state index in [1.165, 1.54) is 0 Å². The second-order valence-electron chi connectivity index (χ2n) is 5.94. The lowest BCUT2D eigenvalue weighted by atomic mass is 10.3. The Hall–Kier alpha value is -2.86. The second kappa shape index (κ2) is 7.81. The van der Waals surface area contributed by atoms with Gasteiger partial charge in [0.05, 0.1) is 13.7 Å². The quantitative estimate of drug-likeness (QED) is 0.684. The predicted octanol–water partition coefficient (Wildman–Crippen LogP) is 1.39. The topological polar surface area (TPSA) is 60.1 Å². The van der Waals surface area contributed by atoms with E-state index < -0.39 is 0 Å². The first-order valence-corrected chi connectivity index (χ1v) is 8.38. The number of pyridine rings is 1. The molecule has 0 spiro atoms. The average Bonchev–Trinajstić information content (AvgIpc) is 3.03. The molecule has 1 amide bonds. The van der Waals surface area contributed by atoms with E-state index in [1.54, 1.807) is 7.11 Å². The van der Waals surface area contributed by atoms with Crippen molar-refractivity contribution in [2.75, 3.05) is 25.5 Å². The van der Waals surface area contributed by atoms with Crippen LogP contribution in [0.5, 0.6) is 5.75 Å². The van der Waals surface area contributed by atoms with Gasteiger partial charge in [0.2, 0.25) is 0 Å². The third-order valence-corrected chi connectivity index (χ3v) is 4.11. The van der Waals surface area contributed by atoms with Gasteiger partial charge in [0, 0.05) is 24.1 Å². The van der Waals surface area contributed by atoms with E-state index >= 15 is 0 Å². The number of amides is 1. The third-order valence-electron chi connectivity index (χ3n) is 4.11. The minimum Gasteiger partial charge on any atom is -0.497 e. The molecule has 0 saturated heterocycles. The number of quaternary nitrogens is 1. The number of anilines is 1. The number of rotatable bonds is 7. The fourth-order valence-corrected chi connectivity index (χ4v) is 2.77. The van der Waals surface area contributed by atoms with Crippen LogP contribution >= 0.6 is 0 Å². The van der Waals surface area contributed by atoms with Crippen molar-refractivity contribution in [3.63, 3.8) is 0 Å². The number of likely N-dealkylation sites (N-methyl/N-ethyl adjacent to an activating group) is 1. The molecule has 0 aliphatic heterocycles. The molecule has 25 heavy (non-hydrogen) atoms. The van der Waals surface area contributed by atoms with Gasteiger partial charge in [-0.05, 0) is 31.2 Å². The minimum atomic E-state index is -0.0196. The smallest absolute Gasteiger partial charge is 0.279 e. The Morgan fingerprint density at radius 3 is 2.92 bits per heavy atom. The van der Waals surface area contributed by atoms with E-state index in [4.69, 9.17) is 4.74 Å². The molecule has 6 heteroatoms. The lowest BCUT2D eigenvalue weighted by Gasteiger charge is -2.16. The summed E-state index contributed by atoms with van der Waals surface area (Å²) in [6.07, 6.45) is 4.00. The van der Waals surface area contributed by atoms with Crippen LogP contribution in [0.2, 0.25) is 0 Å².